The number of carbonyl (C=O) groups is 1. The van der Waals surface area contributed by atoms with Crippen LogP contribution in [-0.2, 0) is 16.0 Å². The molecule has 1 aromatic rings. The van der Waals surface area contributed by atoms with E-state index in [1.165, 1.54) is 0 Å². The Bertz CT molecular complexity index is 382. The summed E-state index contributed by atoms with van der Waals surface area (Å²) in [6.45, 7) is 2.12. The van der Waals surface area contributed by atoms with Gasteiger partial charge in [-0.2, -0.15) is 0 Å². The van der Waals surface area contributed by atoms with E-state index in [-0.39, 0.29) is 12.4 Å². The lowest BCUT2D eigenvalue weighted by molar-refractivity contribution is -0.142. The van der Waals surface area contributed by atoms with Gasteiger partial charge in [-0.1, -0.05) is 11.6 Å². The number of benzene rings is 1. The van der Waals surface area contributed by atoms with Gasteiger partial charge in [0.05, 0.1) is 13.0 Å². The summed E-state index contributed by atoms with van der Waals surface area (Å²) in [6.07, 6.45) is 0.143. The van der Waals surface area contributed by atoms with Crippen LogP contribution < -0.4 is 5.73 Å². The lowest BCUT2D eigenvalue weighted by Gasteiger charge is -2.06. The molecule has 3 nitrogen and oxygen atoms in total. The molecule has 0 amide bonds. The van der Waals surface area contributed by atoms with Gasteiger partial charge in [0.2, 0.25) is 0 Å². The summed E-state index contributed by atoms with van der Waals surface area (Å²) in [5, 5.41) is 0.504. The first kappa shape index (κ1) is 12.3. The summed E-state index contributed by atoms with van der Waals surface area (Å²) in [4.78, 5) is 11.2. The molecule has 0 bridgehead atoms. The predicted molar refractivity (Wildman–Crippen MR) is 63.9 cm³/mol. The molecule has 0 atom stereocenters. The van der Waals surface area contributed by atoms with Crippen LogP contribution in [0, 0.1) is 0 Å². The second kappa shape index (κ2) is 5.37. The number of hydrogen-bond acceptors (Lipinski definition) is 3. The van der Waals surface area contributed by atoms with Crippen LogP contribution in [0.3, 0.4) is 0 Å². The molecule has 5 heteroatoms. The van der Waals surface area contributed by atoms with Gasteiger partial charge in [0.25, 0.3) is 0 Å². The van der Waals surface area contributed by atoms with Crippen LogP contribution in [0.1, 0.15) is 12.5 Å². The summed E-state index contributed by atoms with van der Waals surface area (Å²) < 4.78 is 5.54. The van der Waals surface area contributed by atoms with E-state index in [0.717, 1.165) is 4.47 Å². The molecule has 0 heterocycles. The Kier molecular flexibility index (Phi) is 4.42. The Morgan fingerprint density at radius 1 is 1.60 bits per heavy atom. The molecule has 0 spiro atoms. The monoisotopic (exact) mass is 291 g/mol. The molecule has 0 aromatic heterocycles. The molecular weight excluding hydrogens is 281 g/mol. The second-order valence-electron chi connectivity index (χ2n) is 2.95. The van der Waals surface area contributed by atoms with Gasteiger partial charge in [0, 0.05) is 15.2 Å². The van der Waals surface area contributed by atoms with E-state index >= 15 is 0 Å². The van der Waals surface area contributed by atoms with E-state index < -0.39 is 0 Å². The molecule has 15 heavy (non-hydrogen) atoms. The van der Waals surface area contributed by atoms with Gasteiger partial charge < -0.3 is 10.5 Å². The van der Waals surface area contributed by atoms with Crippen LogP contribution in [0.2, 0.25) is 5.02 Å². The summed E-state index contributed by atoms with van der Waals surface area (Å²) in [5.74, 6) is -0.305. The summed E-state index contributed by atoms with van der Waals surface area (Å²) in [7, 11) is 0. The van der Waals surface area contributed by atoms with Gasteiger partial charge in [-0.15, -0.1) is 0 Å². The maximum atomic E-state index is 11.2. The number of rotatable bonds is 3. The van der Waals surface area contributed by atoms with Crippen molar-refractivity contribution in [2.24, 2.45) is 0 Å². The Morgan fingerprint density at radius 2 is 2.27 bits per heavy atom. The largest absolute Gasteiger partial charge is 0.466 e. The normalized spacial score (nSPS) is 10.1. The fourth-order valence-corrected chi connectivity index (χ4v) is 1.82. The van der Waals surface area contributed by atoms with Crippen molar-refractivity contribution < 1.29 is 9.53 Å². The number of halogens is 2. The topological polar surface area (TPSA) is 52.3 Å². The smallest absolute Gasteiger partial charge is 0.310 e. The third-order valence-electron chi connectivity index (χ3n) is 1.81. The highest BCUT2D eigenvalue weighted by Gasteiger charge is 2.10. The zero-order chi connectivity index (χ0) is 11.4. The molecule has 0 unspecified atom stereocenters. The average molecular weight is 293 g/mol. The summed E-state index contributed by atoms with van der Waals surface area (Å²) in [6, 6.07) is 3.34. The number of nitrogens with two attached hydrogens (primary N) is 1. The van der Waals surface area contributed by atoms with Gasteiger partial charge in [-0.05, 0) is 40.5 Å². The van der Waals surface area contributed by atoms with Gasteiger partial charge >= 0.3 is 5.97 Å². The van der Waals surface area contributed by atoms with Crippen LogP contribution in [-0.4, -0.2) is 12.6 Å². The minimum Gasteiger partial charge on any atom is -0.466 e. The highest BCUT2D eigenvalue weighted by Crippen LogP contribution is 2.27. The summed E-state index contributed by atoms with van der Waals surface area (Å²) in [5.41, 5.74) is 6.91. The van der Waals surface area contributed by atoms with Crippen molar-refractivity contribution in [1.29, 1.82) is 0 Å². The van der Waals surface area contributed by atoms with Gasteiger partial charge in [0.1, 0.15) is 0 Å². The van der Waals surface area contributed by atoms with E-state index in [2.05, 4.69) is 15.9 Å². The maximum Gasteiger partial charge on any atom is 0.310 e. The molecule has 1 rings (SSSR count). The predicted octanol–water partition coefficient (Wildman–Crippen LogP) is 2.79. The standard InChI is InChI=1S/C10H11BrClNO2/c1-2-15-10(14)4-6-3-9(13)7(11)5-8(6)12/h3,5H,2,4,13H2,1H3. The molecule has 0 fully saturated rings. The molecule has 0 saturated carbocycles. The van der Waals surface area contributed by atoms with Crippen molar-refractivity contribution in [3.63, 3.8) is 0 Å². The fraction of sp³-hybridized carbons (Fsp3) is 0.300. The van der Waals surface area contributed by atoms with Gasteiger partial charge in [-0.25, -0.2) is 0 Å². The van der Waals surface area contributed by atoms with Crippen molar-refractivity contribution in [3.05, 3.63) is 27.2 Å². The number of hydrogen-bond donors (Lipinski definition) is 1. The van der Waals surface area contributed by atoms with E-state index in [1.54, 1.807) is 19.1 Å². The van der Waals surface area contributed by atoms with Crippen molar-refractivity contribution in [3.8, 4) is 0 Å². The molecule has 1 aromatic carbocycles. The minimum absolute atomic E-state index is 0.143. The first-order valence-electron chi connectivity index (χ1n) is 4.43. The molecular formula is C10H11BrClNO2. The summed E-state index contributed by atoms with van der Waals surface area (Å²) >= 11 is 9.20. The van der Waals surface area contributed by atoms with Crippen molar-refractivity contribution in [2.45, 2.75) is 13.3 Å². The fourth-order valence-electron chi connectivity index (χ4n) is 1.12. The van der Waals surface area contributed by atoms with Gasteiger partial charge in [0.15, 0.2) is 0 Å². The van der Waals surface area contributed by atoms with Crippen LogP contribution in [0.15, 0.2) is 16.6 Å². The first-order valence-corrected chi connectivity index (χ1v) is 5.60. The lowest BCUT2D eigenvalue weighted by Crippen LogP contribution is -2.08. The molecule has 0 aliphatic rings. The molecule has 0 aliphatic heterocycles. The Morgan fingerprint density at radius 3 is 2.87 bits per heavy atom. The minimum atomic E-state index is -0.305. The van der Waals surface area contributed by atoms with Crippen molar-refractivity contribution in [1.82, 2.24) is 0 Å². The maximum absolute atomic E-state index is 11.2. The van der Waals surface area contributed by atoms with E-state index in [0.29, 0.717) is 22.9 Å². The van der Waals surface area contributed by atoms with E-state index in [1.807, 2.05) is 0 Å². The SMILES string of the molecule is CCOC(=O)Cc1cc(N)c(Br)cc1Cl. The molecule has 0 saturated heterocycles. The molecule has 0 aliphatic carbocycles. The van der Waals surface area contributed by atoms with Crippen LogP contribution in [0.5, 0.6) is 0 Å². The van der Waals surface area contributed by atoms with Gasteiger partial charge in [-0.3, -0.25) is 4.79 Å². The quantitative estimate of drug-likeness (QED) is 0.688. The highest BCUT2D eigenvalue weighted by molar-refractivity contribution is 9.10. The Balaban J connectivity index is 2.86. The Labute approximate surface area is 102 Å². The van der Waals surface area contributed by atoms with Crippen LogP contribution in [0.25, 0.3) is 0 Å². The van der Waals surface area contributed by atoms with E-state index in [4.69, 9.17) is 22.1 Å². The zero-order valence-electron chi connectivity index (χ0n) is 8.22. The second-order valence-corrected chi connectivity index (χ2v) is 4.21. The lowest BCUT2D eigenvalue weighted by atomic mass is 10.1. The number of esters is 1. The third-order valence-corrected chi connectivity index (χ3v) is 2.84. The highest BCUT2D eigenvalue weighted by atomic mass is 79.9. The molecule has 2 N–H and O–H groups in total. The third kappa shape index (κ3) is 3.39. The number of carbonyl (C=O) groups excluding carboxylic acids is 1. The van der Waals surface area contributed by atoms with E-state index in [9.17, 15) is 4.79 Å². The van der Waals surface area contributed by atoms with Crippen LogP contribution >= 0.6 is 27.5 Å². The first-order chi connectivity index (χ1) is 7.04. The number of anilines is 1. The van der Waals surface area contributed by atoms with Crippen molar-refractivity contribution in [2.75, 3.05) is 12.3 Å². The Hall–Kier alpha value is -0.740. The van der Waals surface area contributed by atoms with Crippen molar-refractivity contribution >= 4 is 39.2 Å². The zero-order valence-corrected chi connectivity index (χ0v) is 10.6. The number of ether oxygens (including phenoxy) is 1. The molecule has 0 radical (unpaired) electrons. The number of nitrogen functional groups attached to an aromatic ring is 1. The molecule has 82 valence electrons. The average Bonchev–Trinajstić information content (AvgIpc) is 2.14. The van der Waals surface area contributed by atoms with Crippen LogP contribution in [0.4, 0.5) is 5.69 Å².